The third kappa shape index (κ3) is 4.73. The number of carbonyl (C=O) groups excluding carboxylic acids is 2. The van der Waals surface area contributed by atoms with Crippen LogP contribution in [0.1, 0.15) is 51.9 Å². The molecule has 8 nitrogen and oxygen atoms in total. The number of ether oxygens (including phenoxy) is 1. The van der Waals surface area contributed by atoms with Crippen molar-refractivity contribution in [3.63, 3.8) is 0 Å². The Morgan fingerprint density at radius 3 is 2.38 bits per heavy atom. The Morgan fingerprint density at radius 2 is 1.81 bits per heavy atom. The SMILES string of the molecule is CCN(CC)S(=O)(=O)c1ccc(C(=O)Nc2sc3c(c2C(=O)OC)CC[NH+](CC)C3)cc1. The summed E-state index contributed by atoms with van der Waals surface area (Å²) in [7, 11) is -2.26. The average Bonchev–Trinajstić information content (AvgIpc) is 3.15. The van der Waals surface area contributed by atoms with Crippen LogP contribution in [0, 0.1) is 0 Å². The average molecular weight is 481 g/mol. The zero-order chi connectivity index (χ0) is 23.5. The van der Waals surface area contributed by atoms with Gasteiger partial charge in [-0.3, -0.25) is 4.79 Å². The third-order valence-corrected chi connectivity index (χ3v) is 9.02. The first-order chi connectivity index (χ1) is 15.3. The van der Waals surface area contributed by atoms with Crippen LogP contribution < -0.4 is 10.2 Å². The molecule has 0 saturated carbocycles. The number of esters is 1. The molecule has 0 fully saturated rings. The topological polar surface area (TPSA) is 97.2 Å². The largest absolute Gasteiger partial charge is 0.465 e. The summed E-state index contributed by atoms with van der Waals surface area (Å²) in [5.41, 5.74) is 1.69. The predicted octanol–water partition coefficient (Wildman–Crippen LogP) is 1.78. The van der Waals surface area contributed by atoms with E-state index >= 15 is 0 Å². The van der Waals surface area contributed by atoms with E-state index in [1.807, 2.05) is 0 Å². The molecule has 2 heterocycles. The van der Waals surface area contributed by atoms with Crippen molar-refractivity contribution in [2.24, 2.45) is 0 Å². The lowest BCUT2D eigenvalue weighted by molar-refractivity contribution is -0.913. The van der Waals surface area contributed by atoms with Crippen LogP contribution in [0.4, 0.5) is 5.00 Å². The van der Waals surface area contributed by atoms with E-state index in [1.54, 1.807) is 13.8 Å². The fourth-order valence-corrected chi connectivity index (χ4v) is 6.67. The van der Waals surface area contributed by atoms with E-state index in [1.165, 1.54) is 51.9 Å². The van der Waals surface area contributed by atoms with E-state index in [9.17, 15) is 18.0 Å². The number of nitrogens with one attached hydrogen (secondary N) is 2. The van der Waals surface area contributed by atoms with Crippen molar-refractivity contribution in [3.8, 4) is 0 Å². The molecule has 0 radical (unpaired) electrons. The van der Waals surface area contributed by atoms with Gasteiger partial charge in [0.1, 0.15) is 11.5 Å². The Bertz CT molecular complexity index is 1090. The van der Waals surface area contributed by atoms with Crippen molar-refractivity contribution < 1.29 is 27.6 Å². The van der Waals surface area contributed by atoms with Crippen LogP contribution in [0.15, 0.2) is 29.2 Å². The van der Waals surface area contributed by atoms with E-state index < -0.39 is 21.9 Å². The first-order valence-corrected chi connectivity index (χ1v) is 13.0. The summed E-state index contributed by atoms with van der Waals surface area (Å²) in [6, 6.07) is 5.84. The molecule has 10 heteroatoms. The molecule has 2 aromatic rings. The van der Waals surface area contributed by atoms with Gasteiger partial charge in [0.05, 0.1) is 35.5 Å². The second-order valence-electron chi connectivity index (χ2n) is 7.55. The quantitative estimate of drug-likeness (QED) is 0.562. The van der Waals surface area contributed by atoms with Crippen molar-refractivity contribution in [1.29, 1.82) is 0 Å². The van der Waals surface area contributed by atoms with Crippen molar-refractivity contribution in [1.82, 2.24) is 4.31 Å². The highest BCUT2D eigenvalue weighted by Crippen LogP contribution is 2.35. The van der Waals surface area contributed by atoms with Crippen LogP contribution in [0.3, 0.4) is 0 Å². The van der Waals surface area contributed by atoms with Crippen LogP contribution in [0.25, 0.3) is 0 Å². The minimum Gasteiger partial charge on any atom is -0.465 e. The van der Waals surface area contributed by atoms with Crippen LogP contribution in [0.2, 0.25) is 0 Å². The summed E-state index contributed by atoms with van der Waals surface area (Å²) < 4.78 is 31.7. The zero-order valence-electron chi connectivity index (χ0n) is 18.9. The van der Waals surface area contributed by atoms with Crippen molar-refractivity contribution >= 4 is 38.2 Å². The van der Waals surface area contributed by atoms with E-state index in [0.717, 1.165) is 36.5 Å². The molecule has 0 saturated heterocycles. The number of amides is 1. The number of fused-ring (bicyclic) bond motifs is 1. The Kier molecular flexibility index (Phi) is 7.71. The molecule has 0 aliphatic carbocycles. The lowest BCUT2D eigenvalue weighted by Crippen LogP contribution is -3.11. The number of hydrogen-bond acceptors (Lipinski definition) is 6. The van der Waals surface area contributed by atoms with E-state index in [2.05, 4.69) is 12.2 Å². The Labute approximate surface area is 193 Å². The van der Waals surface area contributed by atoms with Gasteiger partial charge >= 0.3 is 5.97 Å². The molecular weight excluding hydrogens is 450 g/mol. The number of rotatable bonds is 8. The van der Waals surface area contributed by atoms with Gasteiger partial charge in [-0.1, -0.05) is 13.8 Å². The molecule has 0 bridgehead atoms. The summed E-state index contributed by atoms with van der Waals surface area (Å²) in [5, 5.41) is 3.32. The van der Waals surface area contributed by atoms with E-state index in [-0.39, 0.29) is 4.90 Å². The van der Waals surface area contributed by atoms with Crippen LogP contribution in [-0.2, 0) is 27.7 Å². The highest BCUT2D eigenvalue weighted by atomic mass is 32.2. The summed E-state index contributed by atoms with van der Waals surface area (Å²) in [6.07, 6.45) is 0.757. The third-order valence-electron chi connectivity index (χ3n) is 5.81. The highest BCUT2D eigenvalue weighted by molar-refractivity contribution is 7.89. The van der Waals surface area contributed by atoms with Gasteiger partial charge in [0.25, 0.3) is 5.91 Å². The van der Waals surface area contributed by atoms with Gasteiger partial charge in [-0.25, -0.2) is 13.2 Å². The number of thiophene rings is 1. The molecule has 1 atom stereocenters. The minimum absolute atomic E-state index is 0.141. The molecule has 0 spiro atoms. The molecule has 1 aromatic carbocycles. The Hall–Kier alpha value is -2.27. The van der Waals surface area contributed by atoms with Crippen LogP contribution in [0.5, 0.6) is 0 Å². The Morgan fingerprint density at radius 1 is 1.16 bits per heavy atom. The Balaban J connectivity index is 1.86. The molecule has 32 heavy (non-hydrogen) atoms. The maximum Gasteiger partial charge on any atom is 0.341 e. The summed E-state index contributed by atoms with van der Waals surface area (Å²) in [6.45, 7) is 9.17. The van der Waals surface area contributed by atoms with Gasteiger partial charge in [0, 0.05) is 25.1 Å². The molecule has 1 aliphatic heterocycles. The number of nitrogens with zero attached hydrogens (tertiary/aromatic N) is 1. The lowest BCUT2D eigenvalue weighted by Gasteiger charge is -2.22. The predicted molar refractivity (Wildman–Crippen MR) is 124 cm³/mol. The summed E-state index contributed by atoms with van der Waals surface area (Å²) >= 11 is 1.41. The molecule has 3 rings (SSSR count). The first-order valence-electron chi connectivity index (χ1n) is 10.7. The molecule has 1 unspecified atom stereocenters. The number of quaternary nitrogens is 1. The van der Waals surface area contributed by atoms with Crippen LogP contribution >= 0.6 is 11.3 Å². The number of sulfonamides is 1. The van der Waals surface area contributed by atoms with Gasteiger partial charge in [-0.05, 0) is 36.8 Å². The maximum absolute atomic E-state index is 12.9. The fourth-order valence-electron chi connectivity index (χ4n) is 3.91. The zero-order valence-corrected chi connectivity index (χ0v) is 20.5. The normalized spacial score (nSPS) is 16.0. The molecule has 1 aromatic heterocycles. The summed E-state index contributed by atoms with van der Waals surface area (Å²) in [5.74, 6) is -0.862. The van der Waals surface area contributed by atoms with E-state index in [4.69, 9.17) is 4.74 Å². The first kappa shape index (κ1) is 24.4. The fraction of sp³-hybridized carbons (Fsp3) is 0.455. The molecule has 1 amide bonds. The minimum atomic E-state index is -3.59. The summed E-state index contributed by atoms with van der Waals surface area (Å²) in [4.78, 5) is 28.0. The molecular formula is C22H30N3O5S2+. The smallest absolute Gasteiger partial charge is 0.341 e. The van der Waals surface area contributed by atoms with Gasteiger partial charge in [0.15, 0.2) is 0 Å². The number of methoxy groups -OCH3 is 1. The monoisotopic (exact) mass is 480 g/mol. The standard InChI is InChI=1S/C22H29N3O5S2/c1-5-24-13-12-17-18(14-24)31-21(19(17)22(27)30-4)23-20(26)15-8-10-16(11-9-15)32(28,29)25(6-2)7-3/h8-11H,5-7,12-14H2,1-4H3,(H,23,26)/p+1. The molecule has 2 N–H and O–H groups in total. The van der Waals surface area contributed by atoms with Gasteiger partial charge in [0.2, 0.25) is 10.0 Å². The van der Waals surface area contributed by atoms with Crippen molar-refractivity contribution in [2.45, 2.75) is 38.6 Å². The van der Waals surface area contributed by atoms with Gasteiger partial charge in [-0.2, -0.15) is 4.31 Å². The number of hydrogen-bond donors (Lipinski definition) is 2. The number of carbonyl (C=O) groups is 2. The molecule has 1 aliphatic rings. The number of anilines is 1. The lowest BCUT2D eigenvalue weighted by atomic mass is 10.0. The van der Waals surface area contributed by atoms with Gasteiger partial charge < -0.3 is 15.0 Å². The second kappa shape index (κ2) is 10.1. The maximum atomic E-state index is 12.9. The van der Waals surface area contributed by atoms with Crippen molar-refractivity contribution in [3.05, 3.63) is 45.8 Å². The highest BCUT2D eigenvalue weighted by Gasteiger charge is 2.31. The number of likely N-dealkylation sites (N-methyl/N-ethyl adjacent to an activating group) is 1. The van der Waals surface area contributed by atoms with E-state index in [0.29, 0.717) is 29.2 Å². The number of benzene rings is 1. The van der Waals surface area contributed by atoms with Crippen molar-refractivity contribution in [2.75, 3.05) is 38.6 Å². The second-order valence-corrected chi connectivity index (χ2v) is 10.6. The molecule has 174 valence electrons. The van der Waals surface area contributed by atoms with Gasteiger partial charge in [-0.15, -0.1) is 11.3 Å². The van der Waals surface area contributed by atoms with Crippen LogP contribution in [-0.4, -0.2) is 57.9 Å².